The Hall–Kier alpha value is -7.04. The van der Waals surface area contributed by atoms with E-state index < -0.39 is 11.7 Å². The van der Waals surface area contributed by atoms with Crippen LogP contribution in [0.2, 0.25) is 0 Å². The maximum atomic E-state index is 9.16. The summed E-state index contributed by atoms with van der Waals surface area (Å²) in [4.78, 5) is 0. The van der Waals surface area contributed by atoms with Gasteiger partial charge in [0, 0.05) is 30.2 Å². The highest BCUT2D eigenvalue weighted by molar-refractivity contribution is 5.99. The van der Waals surface area contributed by atoms with Gasteiger partial charge < -0.3 is 4.74 Å². The average molecular weight is 791 g/mol. The Labute approximate surface area is 359 Å². The number of aromatic nitrogens is 3. The number of nitrogens with zero attached hydrogens (tertiary/aromatic N) is 3. The van der Waals surface area contributed by atoms with Crippen LogP contribution in [0.4, 0.5) is 0 Å². The minimum atomic E-state index is -1.07. The van der Waals surface area contributed by atoms with Crippen LogP contribution in [-0.4, -0.2) is 4.57 Å². The number of rotatable bonds is 5. The van der Waals surface area contributed by atoms with Crippen LogP contribution in [0.1, 0.15) is 64.1 Å². The second kappa shape index (κ2) is 12.7. The van der Waals surface area contributed by atoms with Crippen molar-refractivity contribution in [3.63, 3.8) is 0 Å². The normalized spacial score (nSPS) is 15.8. The molecule has 5 heterocycles. The first kappa shape index (κ1) is 34.8. The van der Waals surface area contributed by atoms with Crippen molar-refractivity contribution in [1.29, 1.82) is 0 Å². The number of para-hydroxylation sites is 2. The Morgan fingerprint density at radius 2 is 1.31 bits per heavy atom. The lowest BCUT2D eigenvalue weighted by atomic mass is 9.85. The van der Waals surface area contributed by atoms with Gasteiger partial charge in [0.05, 0.1) is 5.56 Å². The Kier molecular flexibility index (Phi) is 7.26. The standard InChI is InChI=1S/C57H47N3O/c1-35(2)40-25-28-49(46(31-40)39-23-26-43(27-24-39)56(4,5)6)59-50-17-12-16-44-47-32-42(37-13-8-7-9-14-37)33-48-51-34-41(38-21-19-36(3)20-22-38)29-30-58(51)57(53(47)48)60(54(44)50)55(59)45-15-10-11-18-52(45)61-57/h7-35H,1-6H3/q+2/i35D. The summed E-state index contributed by atoms with van der Waals surface area (Å²) in [5.74, 6) is 0.0149. The fraction of sp³-hybridized carbons (Fsp3) is 0.158. The molecule has 0 bridgehead atoms. The van der Waals surface area contributed by atoms with E-state index in [0.717, 1.165) is 72.9 Å². The first-order chi connectivity index (χ1) is 29.9. The molecule has 1 spiro atoms. The third kappa shape index (κ3) is 5.05. The maximum absolute atomic E-state index is 9.16. The van der Waals surface area contributed by atoms with Gasteiger partial charge in [0.15, 0.2) is 17.2 Å². The van der Waals surface area contributed by atoms with Gasteiger partial charge in [-0.15, -0.1) is 9.13 Å². The molecule has 0 saturated heterocycles. The Morgan fingerprint density at radius 3 is 2.08 bits per heavy atom. The monoisotopic (exact) mass is 790 g/mol. The average Bonchev–Trinajstić information content (AvgIpc) is 3.77. The summed E-state index contributed by atoms with van der Waals surface area (Å²) in [7, 11) is 0. The zero-order valence-corrected chi connectivity index (χ0v) is 35.4. The predicted molar refractivity (Wildman–Crippen MR) is 247 cm³/mol. The summed E-state index contributed by atoms with van der Waals surface area (Å²) in [6.07, 6.45) is 2.24. The lowest BCUT2D eigenvalue weighted by Crippen LogP contribution is -2.78. The van der Waals surface area contributed by atoms with Crippen molar-refractivity contribution in [3.8, 4) is 78.6 Å². The molecule has 2 aromatic heterocycles. The van der Waals surface area contributed by atoms with Crippen molar-refractivity contribution >= 4 is 11.0 Å². The van der Waals surface area contributed by atoms with Gasteiger partial charge in [0.25, 0.3) is 0 Å². The van der Waals surface area contributed by atoms with E-state index in [9.17, 15) is 0 Å². The molecule has 3 aliphatic rings. The molecule has 4 heteroatoms. The first-order valence-corrected chi connectivity index (χ1v) is 21.4. The smallest absolute Gasteiger partial charge is 0.392 e. The predicted octanol–water partition coefficient (Wildman–Crippen LogP) is 13.2. The molecule has 0 N–H and O–H groups in total. The molecule has 0 amide bonds. The molecule has 294 valence electrons. The van der Waals surface area contributed by atoms with Crippen molar-refractivity contribution in [2.75, 3.05) is 0 Å². The first-order valence-electron chi connectivity index (χ1n) is 21.9. The fourth-order valence-electron chi connectivity index (χ4n) is 10.2. The number of aryl methyl sites for hydroxylation is 1. The van der Waals surface area contributed by atoms with Gasteiger partial charge in [-0.3, -0.25) is 0 Å². The number of imidazole rings is 1. The van der Waals surface area contributed by atoms with Gasteiger partial charge in [-0.2, -0.15) is 4.57 Å². The van der Waals surface area contributed by atoms with Crippen molar-refractivity contribution < 1.29 is 15.2 Å². The van der Waals surface area contributed by atoms with Crippen LogP contribution < -0.4 is 13.9 Å². The van der Waals surface area contributed by atoms with Crippen LogP contribution in [0, 0.1) is 6.92 Å². The molecule has 0 fully saturated rings. The minimum Gasteiger partial charge on any atom is -0.392 e. The van der Waals surface area contributed by atoms with Crippen LogP contribution in [-0.2, 0) is 11.3 Å². The van der Waals surface area contributed by atoms with Crippen molar-refractivity contribution in [1.82, 2.24) is 4.57 Å². The van der Waals surface area contributed by atoms with E-state index in [0.29, 0.717) is 0 Å². The summed E-state index contributed by atoms with van der Waals surface area (Å²) in [5, 5.41) is 0. The topological polar surface area (TPSA) is 21.9 Å². The molecular formula is C57H47N3O+2. The van der Waals surface area contributed by atoms with E-state index in [1.165, 1.54) is 38.9 Å². The number of pyridine rings is 1. The molecule has 7 aromatic carbocycles. The highest BCUT2D eigenvalue weighted by Gasteiger charge is 2.68. The van der Waals surface area contributed by atoms with E-state index in [-0.39, 0.29) is 5.41 Å². The summed E-state index contributed by atoms with van der Waals surface area (Å²) in [6.45, 7) is 12.9. The van der Waals surface area contributed by atoms with E-state index in [4.69, 9.17) is 6.11 Å². The highest BCUT2D eigenvalue weighted by atomic mass is 16.5. The third-order valence-corrected chi connectivity index (χ3v) is 13.3. The van der Waals surface area contributed by atoms with E-state index in [2.05, 4.69) is 211 Å². The molecule has 1 unspecified atom stereocenters. The number of hydrogen-bond acceptors (Lipinski definition) is 1. The molecule has 3 aliphatic heterocycles. The van der Waals surface area contributed by atoms with Gasteiger partial charge in [-0.25, -0.2) is 0 Å². The van der Waals surface area contributed by atoms with E-state index >= 15 is 0 Å². The third-order valence-electron chi connectivity index (χ3n) is 13.3. The van der Waals surface area contributed by atoms with Crippen molar-refractivity contribution in [3.05, 3.63) is 192 Å². The van der Waals surface area contributed by atoms with Crippen LogP contribution in [0.25, 0.3) is 83.9 Å². The Balaban J connectivity index is 1.22. The molecule has 12 rings (SSSR count). The number of benzene rings is 7. The number of fused-ring (bicyclic) bond motifs is 5. The van der Waals surface area contributed by atoms with E-state index in [1.54, 1.807) is 0 Å². The van der Waals surface area contributed by atoms with Crippen molar-refractivity contribution in [2.45, 2.75) is 58.7 Å². The highest BCUT2D eigenvalue weighted by Crippen LogP contribution is 2.54. The zero-order chi connectivity index (χ0) is 42.3. The molecule has 61 heavy (non-hydrogen) atoms. The van der Waals surface area contributed by atoms with Gasteiger partial charge >= 0.3 is 11.7 Å². The second-order valence-corrected chi connectivity index (χ2v) is 18.3. The van der Waals surface area contributed by atoms with Gasteiger partial charge in [0.1, 0.15) is 22.6 Å². The second-order valence-electron chi connectivity index (χ2n) is 18.3. The van der Waals surface area contributed by atoms with Gasteiger partial charge in [-0.1, -0.05) is 143 Å². The largest absolute Gasteiger partial charge is 0.499 e. The molecule has 4 nitrogen and oxygen atoms in total. The van der Waals surface area contributed by atoms with Crippen LogP contribution >= 0.6 is 0 Å². The molecule has 0 radical (unpaired) electrons. The number of ether oxygens (including phenoxy) is 1. The minimum absolute atomic E-state index is 0.0206. The van der Waals surface area contributed by atoms with E-state index in [1.807, 2.05) is 13.8 Å². The molecular weight excluding hydrogens is 743 g/mol. The molecule has 9 aromatic rings. The lowest BCUT2D eigenvalue weighted by molar-refractivity contribution is -0.997. The SMILES string of the molecule is [2H]C(C)(C)c1ccc(-n2c3[n+]4c5c(cccc52)-c2cc(-c5ccccc5)cc5c2C4(Oc2ccccc2-3)[n+]2ccc(-c3ccc(C)cc3)cc2-5)c(-c2ccc(C(C)(C)C)cc2)c1. The summed E-state index contributed by atoms with van der Waals surface area (Å²) < 4.78 is 24.2. The quantitative estimate of drug-likeness (QED) is 0.159. The van der Waals surface area contributed by atoms with Crippen LogP contribution in [0.15, 0.2) is 170 Å². The number of hydrogen-bond donors (Lipinski definition) is 0. The summed E-state index contributed by atoms with van der Waals surface area (Å²) in [6, 6.07) is 59.9. The maximum Gasteiger partial charge on any atom is 0.499 e. The van der Waals surface area contributed by atoms with Crippen molar-refractivity contribution in [2.24, 2.45) is 0 Å². The van der Waals surface area contributed by atoms with Gasteiger partial charge in [0.2, 0.25) is 5.69 Å². The molecule has 0 saturated carbocycles. The lowest BCUT2D eigenvalue weighted by Gasteiger charge is -2.32. The molecule has 1 atom stereocenters. The van der Waals surface area contributed by atoms with Crippen LogP contribution in [0.3, 0.4) is 0 Å². The summed E-state index contributed by atoms with van der Waals surface area (Å²) >= 11 is 0. The van der Waals surface area contributed by atoms with Crippen LogP contribution in [0.5, 0.6) is 5.75 Å². The fourth-order valence-corrected chi connectivity index (χ4v) is 10.2. The Morgan fingerprint density at radius 1 is 0.607 bits per heavy atom. The molecule has 0 aliphatic carbocycles. The Bertz CT molecular complexity index is 3330. The zero-order valence-electron chi connectivity index (χ0n) is 36.4. The van der Waals surface area contributed by atoms with Gasteiger partial charge in [-0.05, 0) is 106 Å². The summed E-state index contributed by atoms with van der Waals surface area (Å²) in [5.41, 5.74) is 20.4.